The molecule has 0 radical (unpaired) electrons. The maximum atomic E-state index is 13.8. The largest absolute Gasteiger partial charge is 0.481 e. The smallest absolute Gasteiger partial charge is 0.328 e. The quantitative estimate of drug-likeness (QED) is 0.105. The summed E-state index contributed by atoms with van der Waals surface area (Å²) in [4.78, 5) is 57.9. The van der Waals surface area contributed by atoms with E-state index in [1.54, 1.807) is 30.5 Å². The third-order valence-electron chi connectivity index (χ3n) is 7.66. The molecule has 11 heteroatoms. The van der Waals surface area contributed by atoms with E-state index in [1.807, 2.05) is 60.8 Å². The highest BCUT2D eigenvalue weighted by atomic mass is 16.5. The molecule has 2 heterocycles. The molecule has 0 spiro atoms. The number of hydrogen-bond donors (Lipinski definition) is 6. The van der Waals surface area contributed by atoms with Crippen molar-refractivity contribution in [3.8, 4) is 0 Å². The first-order valence-electron chi connectivity index (χ1n) is 14.7. The molecule has 0 saturated carbocycles. The van der Waals surface area contributed by atoms with Crippen molar-refractivity contribution in [1.82, 2.24) is 20.6 Å². The number of nitrogens with one attached hydrogen (secondary N) is 4. The number of aromatic amines is 2. The molecule has 3 aromatic carbocycles. The molecule has 45 heavy (non-hydrogen) atoms. The third-order valence-corrected chi connectivity index (χ3v) is 7.66. The molecule has 0 fully saturated rings. The Kier molecular flexibility index (Phi) is 9.90. The maximum Gasteiger partial charge on any atom is 0.328 e. The van der Waals surface area contributed by atoms with E-state index in [-0.39, 0.29) is 32.3 Å². The van der Waals surface area contributed by atoms with Crippen LogP contribution < -0.4 is 16.4 Å². The number of ether oxygens (including phenoxy) is 1. The summed E-state index contributed by atoms with van der Waals surface area (Å²) in [7, 11) is 0. The molecular weight excluding hydrogens is 574 g/mol. The van der Waals surface area contributed by atoms with Gasteiger partial charge < -0.3 is 36.2 Å². The zero-order chi connectivity index (χ0) is 31.8. The van der Waals surface area contributed by atoms with Crippen molar-refractivity contribution >= 4 is 45.6 Å². The van der Waals surface area contributed by atoms with Crippen molar-refractivity contribution in [2.45, 2.75) is 50.4 Å². The van der Waals surface area contributed by atoms with Gasteiger partial charge in [-0.2, -0.15) is 0 Å². The van der Waals surface area contributed by atoms with Gasteiger partial charge in [-0.1, -0.05) is 66.7 Å². The van der Waals surface area contributed by atoms with E-state index in [9.17, 15) is 24.3 Å². The summed E-state index contributed by atoms with van der Waals surface area (Å²) in [6.07, 6.45) is 3.32. The topological polar surface area (TPSA) is 179 Å². The first kappa shape index (κ1) is 31.0. The number of H-pyrrole nitrogens is 2. The Morgan fingerprint density at radius 2 is 1.29 bits per heavy atom. The number of carbonyl (C=O) groups excluding carboxylic acids is 3. The molecule has 2 amide bonds. The van der Waals surface area contributed by atoms with E-state index in [4.69, 9.17) is 10.5 Å². The highest BCUT2D eigenvalue weighted by Crippen LogP contribution is 2.21. The van der Waals surface area contributed by atoms with Crippen LogP contribution in [0.3, 0.4) is 0 Å². The minimum Gasteiger partial charge on any atom is -0.481 e. The van der Waals surface area contributed by atoms with Gasteiger partial charge in [-0.15, -0.1) is 0 Å². The predicted octanol–water partition coefficient (Wildman–Crippen LogP) is 3.34. The van der Waals surface area contributed by atoms with Crippen LogP contribution in [0, 0.1) is 0 Å². The van der Waals surface area contributed by atoms with Crippen LogP contribution in [0.15, 0.2) is 91.3 Å². The predicted molar refractivity (Wildman–Crippen MR) is 169 cm³/mol. The summed E-state index contributed by atoms with van der Waals surface area (Å²) in [5, 5.41) is 16.5. The molecule has 5 rings (SSSR count). The number of aliphatic carboxylic acids is 1. The second kappa shape index (κ2) is 14.4. The molecule has 0 unspecified atom stereocenters. The molecule has 0 saturated heterocycles. The number of carboxylic acids is 1. The number of esters is 1. The van der Waals surface area contributed by atoms with Crippen LogP contribution in [-0.4, -0.2) is 57.0 Å². The van der Waals surface area contributed by atoms with Gasteiger partial charge in [0.05, 0.1) is 6.04 Å². The van der Waals surface area contributed by atoms with E-state index < -0.39 is 41.9 Å². The molecule has 3 atom stereocenters. The monoisotopic (exact) mass is 609 g/mol. The summed E-state index contributed by atoms with van der Waals surface area (Å²) in [5.74, 6) is -3.12. The van der Waals surface area contributed by atoms with Crippen LogP contribution in [0.2, 0.25) is 0 Å². The Morgan fingerprint density at radius 1 is 0.733 bits per heavy atom. The number of fused-ring (bicyclic) bond motifs is 2. The Labute approximate surface area is 259 Å². The first-order valence-corrected chi connectivity index (χ1v) is 14.7. The van der Waals surface area contributed by atoms with Crippen molar-refractivity contribution < 1.29 is 29.0 Å². The van der Waals surface area contributed by atoms with Crippen LogP contribution in [0.4, 0.5) is 0 Å². The van der Waals surface area contributed by atoms with Crippen LogP contribution in [0.1, 0.15) is 29.5 Å². The molecule has 0 aliphatic carbocycles. The van der Waals surface area contributed by atoms with Crippen molar-refractivity contribution in [1.29, 1.82) is 0 Å². The lowest BCUT2D eigenvalue weighted by atomic mass is 10.0. The fourth-order valence-electron chi connectivity index (χ4n) is 5.26. The molecule has 2 aromatic heterocycles. The third kappa shape index (κ3) is 7.95. The number of carbonyl (C=O) groups is 4. The van der Waals surface area contributed by atoms with Crippen LogP contribution in [0.25, 0.3) is 21.8 Å². The Hall–Kier alpha value is -5.42. The minimum atomic E-state index is -1.25. The lowest BCUT2D eigenvalue weighted by molar-refractivity contribution is -0.150. The number of para-hydroxylation sites is 2. The first-order chi connectivity index (χ1) is 21.8. The minimum absolute atomic E-state index is 0.0443. The molecule has 5 aromatic rings. The van der Waals surface area contributed by atoms with E-state index in [0.717, 1.165) is 38.5 Å². The van der Waals surface area contributed by atoms with Gasteiger partial charge >= 0.3 is 11.9 Å². The van der Waals surface area contributed by atoms with E-state index in [2.05, 4.69) is 20.6 Å². The Bertz CT molecular complexity index is 1800. The van der Waals surface area contributed by atoms with Gasteiger partial charge in [0.2, 0.25) is 11.8 Å². The van der Waals surface area contributed by atoms with Gasteiger partial charge in [0.1, 0.15) is 18.7 Å². The van der Waals surface area contributed by atoms with Gasteiger partial charge in [-0.25, -0.2) is 4.79 Å². The second-order valence-electron chi connectivity index (χ2n) is 10.9. The molecule has 232 valence electrons. The van der Waals surface area contributed by atoms with Crippen molar-refractivity contribution in [3.05, 3.63) is 108 Å². The molecule has 0 aliphatic heterocycles. The maximum absolute atomic E-state index is 13.8. The average Bonchev–Trinajstić information content (AvgIpc) is 3.65. The van der Waals surface area contributed by atoms with E-state index >= 15 is 0 Å². The summed E-state index contributed by atoms with van der Waals surface area (Å²) in [5.41, 5.74) is 10.5. The molecular formula is C34H35N5O6. The van der Waals surface area contributed by atoms with Crippen molar-refractivity contribution in [2.75, 3.05) is 0 Å². The van der Waals surface area contributed by atoms with Gasteiger partial charge in [0, 0.05) is 47.0 Å². The lowest BCUT2D eigenvalue weighted by Crippen LogP contribution is -2.55. The Balaban J connectivity index is 1.33. The van der Waals surface area contributed by atoms with Crippen molar-refractivity contribution in [3.63, 3.8) is 0 Å². The Morgan fingerprint density at radius 3 is 1.91 bits per heavy atom. The molecule has 7 N–H and O–H groups in total. The molecule has 0 aliphatic rings. The average molecular weight is 610 g/mol. The van der Waals surface area contributed by atoms with Crippen molar-refractivity contribution in [2.24, 2.45) is 5.73 Å². The van der Waals surface area contributed by atoms with E-state index in [1.165, 1.54) is 0 Å². The summed E-state index contributed by atoms with van der Waals surface area (Å²) in [6, 6.07) is 20.9. The van der Waals surface area contributed by atoms with Gasteiger partial charge in [-0.3, -0.25) is 14.4 Å². The van der Waals surface area contributed by atoms with E-state index in [0.29, 0.717) is 0 Å². The molecule has 0 bridgehead atoms. The standard InChI is InChI=1S/C34H35N5O6/c35-26(16-22-18-36-27-12-6-4-10-24(22)27)32(42)39-30(17-23-19-37-28-13-7-5-11-25(23)28)33(43)38-29(14-15-31(40)41)34(44)45-20-21-8-2-1-3-9-21/h1-13,18-19,26,29-30,36-37H,14-17,20,35H2,(H,38,43)(H,39,42)(H,40,41)/t26-,29-,30-/m0/s1. The zero-order valence-corrected chi connectivity index (χ0v) is 24.5. The lowest BCUT2D eigenvalue weighted by Gasteiger charge is -2.24. The van der Waals surface area contributed by atoms with Crippen LogP contribution in [-0.2, 0) is 43.4 Å². The fraction of sp³-hybridized carbons (Fsp3) is 0.235. The summed E-state index contributed by atoms with van der Waals surface area (Å²) < 4.78 is 5.42. The number of aromatic nitrogens is 2. The second-order valence-corrected chi connectivity index (χ2v) is 10.9. The number of nitrogens with two attached hydrogens (primary N) is 1. The highest BCUT2D eigenvalue weighted by molar-refractivity contribution is 5.94. The van der Waals surface area contributed by atoms with Gasteiger partial charge in [0.15, 0.2) is 0 Å². The SMILES string of the molecule is N[C@@H](Cc1c[nH]c2ccccc12)C(=O)N[C@@H](Cc1c[nH]c2ccccc12)C(=O)N[C@@H](CCC(=O)O)C(=O)OCc1ccccc1. The summed E-state index contributed by atoms with van der Waals surface area (Å²) >= 11 is 0. The van der Waals surface area contributed by atoms with Gasteiger partial charge in [0.25, 0.3) is 0 Å². The number of benzene rings is 3. The van der Waals surface area contributed by atoms with Gasteiger partial charge in [-0.05, 0) is 41.7 Å². The number of carboxylic acid groups (broad SMARTS) is 1. The molecule has 11 nitrogen and oxygen atoms in total. The number of amides is 2. The number of hydrogen-bond acceptors (Lipinski definition) is 6. The normalized spacial score (nSPS) is 13.2. The highest BCUT2D eigenvalue weighted by Gasteiger charge is 2.30. The van der Waals surface area contributed by atoms with Crippen LogP contribution >= 0.6 is 0 Å². The summed E-state index contributed by atoms with van der Waals surface area (Å²) in [6.45, 7) is -0.0443. The fourth-order valence-corrected chi connectivity index (χ4v) is 5.26. The number of rotatable bonds is 14. The zero-order valence-electron chi connectivity index (χ0n) is 24.5. The van der Waals surface area contributed by atoms with Crippen LogP contribution in [0.5, 0.6) is 0 Å².